The van der Waals surface area contributed by atoms with Crippen molar-refractivity contribution in [2.45, 2.75) is 13.0 Å². The van der Waals surface area contributed by atoms with Gasteiger partial charge in [0, 0.05) is 11.7 Å². The van der Waals surface area contributed by atoms with Crippen molar-refractivity contribution >= 4 is 17.3 Å². The normalized spacial score (nSPS) is 11.6. The van der Waals surface area contributed by atoms with Gasteiger partial charge in [0.2, 0.25) is 0 Å². The number of nitriles is 1. The minimum Gasteiger partial charge on any atom is -0.378 e. The van der Waals surface area contributed by atoms with Crippen molar-refractivity contribution in [1.29, 1.82) is 5.26 Å². The Morgan fingerprint density at radius 3 is 2.56 bits per heavy atom. The Morgan fingerprint density at radius 1 is 1.17 bits per heavy atom. The fourth-order valence-corrected chi connectivity index (χ4v) is 1.94. The second-order valence-electron chi connectivity index (χ2n) is 4.08. The number of hydrogen-bond donors (Lipinski definition) is 1. The van der Waals surface area contributed by atoms with E-state index in [9.17, 15) is 0 Å². The summed E-state index contributed by atoms with van der Waals surface area (Å²) in [6.45, 7) is 2.08. The summed E-state index contributed by atoms with van der Waals surface area (Å²) in [5, 5.41) is 12.8. The molecule has 0 heterocycles. The van der Waals surface area contributed by atoms with Crippen LogP contribution in [0.25, 0.3) is 0 Å². The number of nitrogens with one attached hydrogen (secondary N) is 1. The molecule has 0 saturated heterocycles. The van der Waals surface area contributed by atoms with E-state index in [2.05, 4.69) is 30.4 Å². The Balaban J connectivity index is 2.18. The molecule has 0 aromatic heterocycles. The zero-order valence-corrected chi connectivity index (χ0v) is 10.8. The predicted octanol–water partition coefficient (Wildman–Crippen LogP) is 4.38. The van der Waals surface area contributed by atoms with E-state index in [4.69, 9.17) is 16.9 Å². The van der Waals surface area contributed by atoms with Gasteiger partial charge in [-0.2, -0.15) is 5.26 Å². The zero-order valence-electron chi connectivity index (χ0n) is 10.0. The Labute approximate surface area is 112 Å². The standard InChI is InChI=1S/C15H13ClN2/c1-11(12-5-3-2-4-6-12)18-14-7-8-15(16)13(9-14)10-17/h2-9,11,18H,1H3. The molecule has 90 valence electrons. The number of hydrogen-bond acceptors (Lipinski definition) is 2. The van der Waals surface area contributed by atoms with Crippen LogP contribution >= 0.6 is 11.6 Å². The van der Waals surface area contributed by atoms with Gasteiger partial charge in [-0.05, 0) is 30.7 Å². The van der Waals surface area contributed by atoms with Crippen LogP contribution in [-0.4, -0.2) is 0 Å². The van der Waals surface area contributed by atoms with E-state index < -0.39 is 0 Å². The Kier molecular flexibility index (Phi) is 3.86. The highest BCUT2D eigenvalue weighted by atomic mass is 35.5. The second-order valence-corrected chi connectivity index (χ2v) is 4.49. The van der Waals surface area contributed by atoms with Crippen molar-refractivity contribution in [1.82, 2.24) is 0 Å². The van der Waals surface area contributed by atoms with Crippen LogP contribution in [0.15, 0.2) is 48.5 Å². The minimum atomic E-state index is 0.180. The molecule has 18 heavy (non-hydrogen) atoms. The molecule has 0 aliphatic rings. The lowest BCUT2D eigenvalue weighted by Crippen LogP contribution is -2.06. The fraction of sp³-hybridized carbons (Fsp3) is 0.133. The van der Waals surface area contributed by atoms with Gasteiger partial charge in [-0.15, -0.1) is 0 Å². The lowest BCUT2D eigenvalue weighted by molar-refractivity contribution is 0.885. The first-order valence-corrected chi connectivity index (χ1v) is 6.09. The number of rotatable bonds is 3. The van der Waals surface area contributed by atoms with Crippen LogP contribution in [0.3, 0.4) is 0 Å². The molecule has 0 bridgehead atoms. The van der Waals surface area contributed by atoms with Crippen molar-refractivity contribution < 1.29 is 0 Å². The van der Waals surface area contributed by atoms with Crippen molar-refractivity contribution in [2.24, 2.45) is 0 Å². The first-order valence-electron chi connectivity index (χ1n) is 5.72. The van der Waals surface area contributed by atoms with Crippen molar-refractivity contribution in [3.8, 4) is 6.07 Å². The van der Waals surface area contributed by atoms with Gasteiger partial charge in [-0.1, -0.05) is 41.9 Å². The van der Waals surface area contributed by atoms with Crippen LogP contribution in [0.2, 0.25) is 5.02 Å². The first kappa shape index (κ1) is 12.5. The van der Waals surface area contributed by atoms with Crippen LogP contribution < -0.4 is 5.32 Å². The van der Waals surface area contributed by atoms with Gasteiger partial charge in [-0.3, -0.25) is 0 Å². The molecule has 2 nitrogen and oxygen atoms in total. The van der Waals surface area contributed by atoms with E-state index in [1.165, 1.54) is 5.56 Å². The highest BCUT2D eigenvalue weighted by molar-refractivity contribution is 6.31. The molecular weight excluding hydrogens is 244 g/mol. The molecule has 0 spiro atoms. The van der Waals surface area contributed by atoms with Crippen LogP contribution in [0.4, 0.5) is 5.69 Å². The van der Waals surface area contributed by atoms with Crippen molar-refractivity contribution in [2.75, 3.05) is 5.32 Å². The molecule has 2 aromatic rings. The smallest absolute Gasteiger partial charge is 0.101 e. The summed E-state index contributed by atoms with van der Waals surface area (Å²) in [5.74, 6) is 0. The van der Waals surface area contributed by atoms with Gasteiger partial charge >= 0.3 is 0 Å². The van der Waals surface area contributed by atoms with Crippen LogP contribution in [0.1, 0.15) is 24.1 Å². The Bertz CT molecular complexity index is 573. The highest BCUT2D eigenvalue weighted by Gasteiger charge is 2.06. The summed E-state index contributed by atoms with van der Waals surface area (Å²) < 4.78 is 0. The molecule has 0 aliphatic heterocycles. The first-order chi connectivity index (χ1) is 8.70. The van der Waals surface area contributed by atoms with E-state index in [0.717, 1.165) is 5.69 Å². The maximum Gasteiger partial charge on any atom is 0.101 e. The molecule has 0 aliphatic carbocycles. The SMILES string of the molecule is CC(Nc1ccc(Cl)c(C#N)c1)c1ccccc1. The summed E-state index contributed by atoms with van der Waals surface area (Å²) in [7, 11) is 0. The topological polar surface area (TPSA) is 35.8 Å². The molecular formula is C15H13ClN2. The molecule has 2 rings (SSSR count). The third-order valence-corrected chi connectivity index (χ3v) is 3.10. The quantitative estimate of drug-likeness (QED) is 0.884. The molecule has 1 N–H and O–H groups in total. The van der Waals surface area contributed by atoms with Gasteiger partial charge in [0.15, 0.2) is 0 Å². The molecule has 0 amide bonds. The average Bonchev–Trinajstić information content (AvgIpc) is 2.42. The lowest BCUT2D eigenvalue weighted by Gasteiger charge is -2.16. The molecule has 2 aromatic carbocycles. The summed E-state index contributed by atoms with van der Waals surface area (Å²) in [5.41, 5.74) is 2.58. The van der Waals surface area contributed by atoms with E-state index >= 15 is 0 Å². The molecule has 0 saturated carbocycles. The summed E-state index contributed by atoms with van der Waals surface area (Å²) in [4.78, 5) is 0. The van der Waals surface area contributed by atoms with Gasteiger partial charge in [0.05, 0.1) is 10.6 Å². The van der Waals surface area contributed by atoms with Gasteiger partial charge < -0.3 is 5.32 Å². The molecule has 1 atom stereocenters. The Hall–Kier alpha value is -1.98. The maximum absolute atomic E-state index is 8.93. The molecule has 0 fully saturated rings. The molecule has 1 unspecified atom stereocenters. The van der Waals surface area contributed by atoms with Crippen molar-refractivity contribution in [3.63, 3.8) is 0 Å². The van der Waals surface area contributed by atoms with Crippen LogP contribution in [0, 0.1) is 11.3 Å². The average molecular weight is 257 g/mol. The third-order valence-electron chi connectivity index (χ3n) is 2.77. The van der Waals surface area contributed by atoms with Gasteiger partial charge in [-0.25, -0.2) is 0 Å². The number of nitrogens with zero attached hydrogens (tertiary/aromatic N) is 1. The third kappa shape index (κ3) is 2.82. The van der Waals surface area contributed by atoms with Crippen LogP contribution in [-0.2, 0) is 0 Å². The largest absolute Gasteiger partial charge is 0.378 e. The predicted molar refractivity (Wildman–Crippen MR) is 74.6 cm³/mol. The van der Waals surface area contributed by atoms with Gasteiger partial charge in [0.1, 0.15) is 6.07 Å². The maximum atomic E-state index is 8.93. The van der Waals surface area contributed by atoms with E-state index in [-0.39, 0.29) is 6.04 Å². The molecule has 0 radical (unpaired) electrons. The fourth-order valence-electron chi connectivity index (χ4n) is 1.78. The van der Waals surface area contributed by atoms with E-state index in [1.54, 1.807) is 12.1 Å². The lowest BCUT2D eigenvalue weighted by atomic mass is 10.1. The van der Waals surface area contributed by atoms with E-state index in [1.807, 2.05) is 24.3 Å². The summed E-state index contributed by atoms with van der Waals surface area (Å²) in [6.07, 6.45) is 0. The highest BCUT2D eigenvalue weighted by Crippen LogP contribution is 2.23. The number of anilines is 1. The van der Waals surface area contributed by atoms with Gasteiger partial charge in [0.25, 0.3) is 0 Å². The van der Waals surface area contributed by atoms with Crippen LogP contribution in [0.5, 0.6) is 0 Å². The van der Waals surface area contributed by atoms with Crippen molar-refractivity contribution in [3.05, 3.63) is 64.7 Å². The minimum absolute atomic E-state index is 0.180. The summed E-state index contributed by atoms with van der Waals surface area (Å²) >= 11 is 5.90. The zero-order chi connectivity index (χ0) is 13.0. The Morgan fingerprint density at radius 2 is 1.89 bits per heavy atom. The monoisotopic (exact) mass is 256 g/mol. The molecule has 3 heteroatoms. The number of benzene rings is 2. The number of halogens is 1. The summed E-state index contributed by atoms with van der Waals surface area (Å²) in [6, 6.07) is 17.8. The van der Waals surface area contributed by atoms with E-state index in [0.29, 0.717) is 10.6 Å². The second kappa shape index (κ2) is 5.57.